The van der Waals surface area contributed by atoms with Crippen LogP contribution in [0.4, 0.5) is 5.82 Å². The van der Waals surface area contributed by atoms with Gasteiger partial charge in [-0.25, -0.2) is 0 Å². The molecule has 0 amide bonds. The zero-order valence-electron chi connectivity index (χ0n) is 13.7. The van der Waals surface area contributed by atoms with Crippen LogP contribution in [0.3, 0.4) is 0 Å². The van der Waals surface area contributed by atoms with E-state index in [9.17, 15) is 0 Å². The van der Waals surface area contributed by atoms with E-state index in [1.54, 1.807) is 0 Å². The molecule has 0 bridgehead atoms. The smallest absolute Gasteiger partial charge is 0.130 e. The Hall–Kier alpha value is -1.03. The summed E-state index contributed by atoms with van der Waals surface area (Å²) >= 11 is 0. The second kappa shape index (κ2) is 6.17. The summed E-state index contributed by atoms with van der Waals surface area (Å²) in [6.45, 7) is 11.2. The Kier molecular flexibility index (Phi) is 4.74. The van der Waals surface area contributed by atoms with Crippen LogP contribution in [0.2, 0.25) is 0 Å². The zero-order chi connectivity index (χ0) is 14.9. The van der Waals surface area contributed by atoms with Crippen LogP contribution in [0.15, 0.2) is 0 Å². The van der Waals surface area contributed by atoms with Crippen molar-refractivity contribution in [2.75, 3.05) is 18.0 Å². The molecule has 2 rings (SSSR count). The topological polar surface area (TPSA) is 47.1 Å². The van der Waals surface area contributed by atoms with Crippen molar-refractivity contribution in [1.29, 1.82) is 0 Å². The maximum Gasteiger partial charge on any atom is 0.130 e. The fraction of sp³-hybridized carbons (Fsp3) is 0.812. The Morgan fingerprint density at radius 2 is 1.90 bits per heavy atom. The highest BCUT2D eigenvalue weighted by Gasteiger charge is 2.27. The minimum absolute atomic E-state index is 0.233. The van der Waals surface area contributed by atoms with Gasteiger partial charge in [-0.2, -0.15) is 5.10 Å². The normalized spacial score (nSPS) is 25.0. The quantitative estimate of drug-likeness (QED) is 0.920. The van der Waals surface area contributed by atoms with Gasteiger partial charge in [0.25, 0.3) is 0 Å². The highest BCUT2D eigenvalue weighted by Crippen LogP contribution is 2.30. The number of hydrogen-bond acceptors (Lipinski definition) is 3. The van der Waals surface area contributed by atoms with Gasteiger partial charge >= 0.3 is 0 Å². The Bertz CT molecular complexity index is 442. The average molecular weight is 278 g/mol. The first kappa shape index (κ1) is 15.4. The Labute approximate surface area is 123 Å². The fourth-order valence-electron chi connectivity index (χ4n) is 3.57. The van der Waals surface area contributed by atoms with E-state index < -0.39 is 0 Å². The van der Waals surface area contributed by atoms with Crippen molar-refractivity contribution in [3.05, 3.63) is 11.3 Å². The first-order valence-corrected chi connectivity index (χ1v) is 7.95. The molecule has 0 aromatic carbocycles. The highest BCUT2D eigenvalue weighted by molar-refractivity contribution is 5.51. The third kappa shape index (κ3) is 3.17. The maximum atomic E-state index is 6.18. The van der Waals surface area contributed by atoms with Crippen molar-refractivity contribution in [1.82, 2.24) is 9.78 Å². The van der Waals surface area contributed by atoms with E-state index in [0.717, 1.165) is 43.5 Å². The van der Waals surface area contributed by atoms with Crippen molar-refractivity contribution in [3.63, 3.8) is 0 Å². The molecule has 1 aromatic rings. The van der Waals surface area contributed by atoms with E-state index in [4.69, 9.17) is 5.73 Å². The molecule has 1 aliphatic rings. The second-order valence-corrected chi connectivity index (χ2v) is 6.73. The largest absolute Gasteiger partial charge is 0.356 e. The van der Waals surface area contributed by atoms with E-state index in [2.05, 4.69) is 49.4 Å². The molecule has 0 saturated carbocycles. The molecular weight excluding hydrogens is 248 g/mol. The van der Waals surface area contributed by atoms with Crippen LogP contribution in [0.1, 0.15) is 44.9 Å². The Morgan fingerprint density at radius 3 is 2.45 bits per heavy atom. The van der Waals surface area contributed by atoms with Gasteiger partial charge < -0.3 is 10.6 Å². The molecule has 20 heavy (non-hydrogen) atoms. The summed E-state index contributed by atoms with van der Waals surface area (Å²) in [5.41, 5.74) is 8.67. The van der Waals surface area contributed by atoms with Crippen molar-refractivity contribution in [2.45, 2.75) is 53.0 Å². The third-order valence-electron chi connectivity index (χ3n) is 4.47. The van der Waals surface area contributed by atoms with E-state index in [1.807, 2.05) is 0 Å². The molecule has 1 saturated heterocycles. The first-order valence-electron chi connectivity index (χ1n) is 7.95. The van der Waals surface area contributed by atoms with Gasteiger partial charge in [-0.05, 0) is 38.0 Å². The molecule has 1 aromatic heterocycles. The van der Waals surface area contributed by atoms with Gasteiger partial charge in [0.1, 0.15) is 5.82 Å². The van der Waals surface area contributed by atoms with Crippen molar-refractivity contribution >= 4 is 5.82 Å². The predicted molar refractivity (Wildman–Crippen MR) is 85.1 cm³/mol. The van der Waals surface area contributed by atoms with Gasteiger partial charge in [-0.15, -0.1) is 0 Å². The van der Waals surface area contributed by atoms with E-state index in [-0.39, 0.29) is 6.04 Å². The maximum absolute atomic E-state index is 6.18. The molecule has 4 heteroatoms. The lowest BCUT2D eigenvalue weighted by atomic mass is 9.91. The fourth-order valence-corrected chi connectivity index (χ4v) is 3.57. The lowest BCUT2D eigenvalue weighted by Crippen LogP contribution is -2.40. The number of aromatic nitrogens is 2. The molecule has 3 atom stereocenters. The molecule has 1 fully saturated rings. The predicted octanol–water partition coefficient (Wildman–Crippen LogP) is 2.49. The van der Waals surface area contributed by atoms with Crippen LogP contribution < -0.4 is 10.6 Å². The van der Waals surface area contributed by atoms with Crippen molar-refractivity contribution < 1.29 is 0 Å². The van der Waals surface area contributed by atoms with E-state index in [0.29, 0.717) is 0 Å². The standard InChI is InChI=1S/C16H30N4/c1-6-14(17)8-15-13(4)18-19(5)16(15)20-9-11(2)7-12(3)10-20/h11-12,14H,6-10,17H2,1-5H3. The lowest BCUT2D eigenvalue weighted by molar-refractivity contribution is 0.352. The van der Waals surface area contributed by atoms with Gasteiger partial charge in [-0.3, -0.25) is 4.68 Å². The van der Waals surface area contributed by atoms with Gasteiger partial charge in [0, 0.05) is 31.7 Å². The number of hydrogen-bond donors (Lipinski definition) is 1. The summed E-state index contributed by atoms with van der Waals surface area (Å²) in [5, 5.41) is 4.64. The molecule has 1 aliphatic heterocycles. The van der Waals surface area contributed by atoms with Gasteiger partial charge in [0.2, 0.25) is 0 Å². The van der Waals surface area contributed by atoms with Crippen molar-refractivity contribution in [2.24, 2.45) is 24.6 Å². The second-order valence-electron chi connectivity index (χ2n) is 6.73. The molecule has 3 unspecified atom stereocenters. The summed E-state index contributed by atoms with van der Waals surface area (Å²) in [6, 6.07) is 0.233. The summed E-state index contributed by atoms with van der Waals surface area (Å²) in [6.07, 6.45) is 3.28. The Morgan fingerprint density at radius 1 is 1.30 bits per heavy atom. The lowest BCUT2D eigenvalue weighted by Gasteiger charge is -2.37. The molecule has 0 radical (unpaired) electrons. The number of rotatable bonds is 4. The Balaban J connectivity index is 2.30. The highest BCUT2D eigenvalue weighted by atomic mass is 15.4. The molecule has 2 N–H and O–H groups in total. The van der Waals surface area contributed by atoms with E-state index >= 15 is 0 Å². The van der Waals surface area contributed by atoms with Crippen LogP contribution in [-0.4, -0.2) is 28.9 Å². The van der Waals surface area contributed by atoms with Crippen LogP contribution in [0.25, 0.3) is 0 Å². The number of piperidine rings is 1. The third-order valence-corrected chi connectivity index (χ3v) is 4.47. The minimum atomic E-state index is 0.233. The van der Waals surface area contributed by atoms with Crippen LogP contribution in [0.5, 0.6) is 0 Å². The van der Waals surface area contributed by atoms with Crippen molar-refractivity contribution in [3.8, 4) is 0 Å². The molecule has 114 valence electrons. The average Bonchev–Trinajstić information content (AvgIpc) is 2.62. The monoisotopic (exact) mass is 278 g/mol. The SMILES string of the molecule is CCC(N)Cc1c(C)nn(C)c1N1CC(C)CC(C)C1. The zero-order valence-corrected chi connectivity index (χ0v) is 13.7. The van der Waals surface area contributed by atoms with Crippen LogP contribution >= 0.6 is 0 Å². The number of aryl methyl sites for hydroxylation is 2. The summed E-state index contributed by atoms with van der Waals surface area (Å²) in [4.78, 5) is 2.52. The summed E-state index contributed by atoms with van der Waals surface area (Å²) in [7, 11) is 2.06. The van der Waals surface area contributed by atoms with Gasteiger partial charge in [-0.1, -0.05) is 20.8 Å². The van der Waals surface area contributed by atoms with Gasteiger partial charge in [0.15, 0.2) is 0 Å². The van der Waals surface area contributed by atoms with Crippen LogP contribution in [-0.2, 0) is 13.5 Å². The number of nitrogens with two attached hydrogens (primary N) is 1. The molecule has 0 aliphatic carbocycles. The molecule has 2 heterocycles. The summed E-state index contributed by atoms with van der Waals surface area (Å²) < 4.78 is 2.05. The first-order chi connectivity index (χ1) is 9.42. The molecular formula is C16H30N4. The van der Waals surface area contributed by atoms with Crippen LogP contribution in [0, 0.1) is 18.8 Å². The summed E-state index contributed by atoms with van der Waals surface area (Å²) in [5.74, 6) is 2.80. The van der Waals surface area contributed by atoms with Gasteiger partial charge in [0.05, 0.1) is 5.69 Å². The van der Waals surface area contributed by atoms with E-state index in [1.165, 1.54) is 17.8 Å². The number of nitrogens with zero attached hydrogens (tertiary/aromatic N) is 3. The minimum Gasteiger partial charge on any atom is -0.356 e. The molecule has 4 nitrogen and oxygen atoms in total. The number of anilines is 1. The molecule has 0 spiro atoms.